The minimum absolute atomic E-state index is 0.264. The second kappa shape index (κ2) is 7.60. The molecule has 4 saturated carbocycles. The first-order chi connectivity index (χ1) is 13.6. The molecule has 0 radical (unpaired) electrons. The fourth-order valence-corrected chi connectivity index (χ4v) is 8.68. The highest BCUT2D eigenvalue weighted by Gasteiger charge is 2.58. The number of rotatable bonds is 1. The number of ether oxygens (including phenoxy) is 1. The Morgan fingerprint density at radius 3 is 2.68 bits per heavy atom. The summed E-state index contributed by atoms with van der Waals surface area (Å²) >= 11 is 0. The van der Waals surface area contributed by atoms with Crippen molar-refractivity contribution in [3.8, 4) is 0 Å². The third-order valence-electron chi connectivity index (χ3n) is 10.0. The number of hydrogen-bond acceptors (Lipinski definition) is 2. The summed E-state index contributed by atoms with van der Waals surface area (Å²) in [5.74, 6) is 6.43. The van der Waals surface area contributed by atoms with E-state index in [1.807, 2.05) is 0 Å². The molecular weight excluding hydrogens is 346 g/mol. The third kappa shape index (κ3) is 3.15. The van der Waals surface area contributed by atoms with Crippen molar-refractivity contribution in [2.75, 3.05) is 26.3 Å². The maximum atomic E-state index is 13.5. The van der Waals surface area contributed by atoms with E-state index in [4.69, 9.17) is 4.74 Å². The van der Waals surface area contributed by atoms with Crippen LogP contribution in [0.2, 0.25) is 0 Å². The summed E-state index contributed by atoms with van der Waals surface area (Å²) in [5, 5.41) is 0. The van der Waals surface area contributed by atoms with E-state index in [2.05, 4.69) is 18.7 Å². The molecule has 8 unspecified atom stereocenters. The quantitative estimate of drug-likeness (QED) is 0.623. The van der Waals surface area contributed by atoms with Gasteiger partial charge in [-0.15, -0.1) is 0 Å². The Morgan fingerprint density at radius 2 is 1.79 bits per heavy atom. The van der Waals surface area contributed by atoms with E-state index < -0.39 is 0 Å². The van der Waals surface area contributed by atoms with Gasteiger partial charge >= 0.3 is 0 Å². The number of hydrogen-bond donors (Lipinski definition) is 0. The number of amides is 1. The van der Waals surface area contributed by atoms with Gasteiger partial charge < -0.3 is 9.64 Å². The minimum Gasteiger partial charge on any atom is -0.380 e. The summed E-state index contributed by atoms with van der Waals surface area (Å²) in [6, 6.07) is 0. The highest BCUT2D eigenvalue weighted by molar-refractivity contribution is 5.80. The molecule has 0 aromatic carbocycles. The molecule has 4 aliphatic carbocycles. The lowest BCUT2D eigenvalue weighted by atomic mass is 9.49. The van der Waals surface area contributed by atoms with Gasteiger partial charge in [0.05, 0.1) is 6.61 Å². The Balaban J connectivity index is 1.32. The SMILES string of the molecule is CC1CCC2C(CCC3C2CCC2(C)C(C(=O)N4CCCOCC4)CCC32)C1. The summed E-state index contributed by atoms with van der Waals surface area (Å²) < 4.78 is 5.60. The highest BCUT2D eigenvalue weighted by atomic mass is 16.5. The summed E-state index contributed by atoms with van der Waals surface area (Å²) in [6.07, 6.45) is 13.5. The molecule has 0 aromatic heterocycles. The van der Waals surface area contributed by atoms with Crippen molar-refractivity contribution in [1.29, 1.82) is 0 Å². The second-order valence-electron chi connectivity index (χ2n) is 11.3. The standard InChI is InChI=1S/C25H41NO2/c1-17-4-6-19-18(16-17)5-7-21-20(19)10-11-25(2)22(21)8-9-23(25)24(27)26-12-3-14-28-15-13-26/h17-23H,3-16H2,1-2H3. The minimum atomic E-state index is 0.264. The van der Waals surface area contributed by atoms with Crippen LogP contribution in [-0.2, 0) is 9.53 Å². The summed E-state index contributed by atoms with van der Waals surface area (Å²) in [7, 11) is 0. The molecule has 1 aliphatic heterocycles. The van der Waals surface area contributed by atoms with Gasteiger partial charge in [0.25, 0.3) is 0 Å². The number of carbonyl (C=O) groups excluding carboxylic acids is 1. The van der Waals surface area contributed by atoms with E-state index in [-0.39, 0.29) is 11.3 Å². The zero-order valence-corrected chi connectivity index (χ0v) is 18.2. The van der Waals surface area contributed by atoms with Crippen molar-refractivity contribution < 1.29 is 9.53 Å². The maximum Gasteiger partial charge on any atom is 0.226 e. The van der Waals surface area contributed by atoms with Gasteiger partial charge in [-0.3, -0.25) is 4.79 Å². The molecule has 0 N–H and O–H groups in total. The van der Waals surface area contributed by atoms with Crippen LogP contribution in [0.15, 0.2) is 0 Å². The molecule has 3 nitrogen and oxygen atoms in total. The first-order valence-corrected chi connectivity index (χ1v) is 12.4. The number of carbonyl (C=O) groups is 1. The molecule has 0 bridgehead atoms. The number of fused-ring (bicyclic) bond motifs is 5. The monoisotopic (exact) mass is 387 g/mol. The van der Waals surface area contributed by atoms with Gasteiger partial charge in [0.1, 0.15) is 0 Å². The van der Waals surface area contributed by atoms with E-state index in [9.17, 15) is 4.79 Å². The van der Waals surface area contributed by atoms with Gasteiger partial charge in [-0.2, -0.15) is 0 Å². The van der Waals surface area contributed by atoms with Crippen LogP contribution in [0.4, 0.5) is 0 Å². The predicted molar refractivity (Wildman–Crippen MR) is 112 cm³/mol. The highest BCUT2D eigenvalue weighted by Crippen LogP contribution is 2.64. The lowest BCUT2D eigenvalue weighted by molar-refractivity contribution is -0.143. The van der Waals surface area contributed by atoms with Gasteiger partial charge in [-0.1, -0.05) is 20.3 Å². The molecule has 1 heterocycles. The van der Waals surface area contributed by atoms with Crippen LogP contribution in [0.3, 0.4) is 0 Å². The van der Waals surface area contributed by atoms with Crippen molar-refractivity contribution >= 4 is 5.91 Å². The van der Waals surface area contributed by atoms with Crippen molar-refractivity contribution in [2.45, 2.75) is 78.1 Å². The Bertz CT molecular complexity index is 583. The zero-order valence-electron chi connectivity index (χ0n) is 18.2. The average Bonchev–Trinajstić information content (AvgIpc) is 2.86. The first kappa shape index (κ1) is 19.4. The lowest BCUT2D eigenvalue weighted by Gasteiger charge is -2.56. The maximum absolute atomic E-state index is 13.5. The molecular formula is C25H41NO2. The van der Waals surface area contributed by atoms with Crippen LogP contribution in [0.25, 0.3) is 0 Å². The van der Waals surface area contributed by atoms with Crippen LogP contribution in [0.1, 0.15) is 78.1 Å². The Kier molecular flexibility index (Phi) is 5.26. The zero-order chi connectivity index (χ0) is 19.3. The Hall–Kier alpha value is -0.570. The topological polar surface area (TPSA) is 29.5 Å². The van der Waals surface area contributed by atoms with Gasteiger partial charge in [0.15, 0.2) is 0 Å². The van der Waals surface area contributed by atoms with Crippen LogP contribution in [-0.4, -0.2) is 37.1 Å². The van der Waals surface area contributed by atoms with Gasteiger partial charge in [0.2, 0.25) is 5.91 Å². The van der Waals surface area contributed by atoms with Crippen LogP contribution < -0.4 is 0 Å². The molecule has 5 aliphatic rings. The van der Waals surface area contributed by atoms with Crippen molar-refractivity contribution in [3.63, 3.8) is 0 Å². The Labute approximate surface area is 172 Å². The van der Waals surface area contributed by atoms with Gasteiger partial charge in [0, 0.05) is 25.6 Å². The van der Waals surface area contributed by atoms with E-state index in [0.29, 0.717) is 5.91 Å². The van der Waals surface area contributed by atoms with Crippen LogP contribution >= 0.6 is 0 Å². The van der Waals surface area contributed by atoms with Gasteiger partial charge in [-0.05, 0) is 98.7 Å². The fourth-order valence-electron chi connectivity index (χ4n) is 8.68. The van der Waals surface area contributed by atoms with Crippen LogP contribution in [0, 0.1) is 46.8 Å². The normalized spacial score (nSPS) is 48.9. The third-order valence-corrected chi connectivity index (χ3v) is 10.0. The predicted octanol–water partition coefficient (Wildman–Crippen LogP) is 5.14. The second-order valence-corrected chi connectivity index (χ2v) is 11.3. The molecule has 1 saturated heterocycles. The summed E-state index contributed by atoms with van der Waals surface area (Å²) in [4.78, 5) is 15.7. The summed E-state index contributed by atoms with van der Waals surface area (Å²) in [5.41, 5.74) is 0.264. The first-order valence-electron chi connectivity index (χ1n) is 12.4. The largest absolute Gasteiger partial charge is 0.380 e. The van der Waals surface area contributed by atoms with E-state index >= 15 is 0 Å². The molecule has 5 rings (SSSR count). The molecule has 28 heavy (non-hydrogen) atoms. The van der Waals surface area contributed by atoms with Crippen LogP contribution in [0.5, 0.6) is 0 Å². The van der Waals surface area contributed by atoms with E-state index in [1.165, 1.54) is 51.4 Å². The average molecular weight is 388 g/mol. The molecule has 1 amide bonds. The summed E-state index contributed by atoms with van der Waals surface area (Å²) in [6.45, 7) is 8.24. The molecule has 3 heteroatoms. The molecule has 0 aromatic rings. The van der Waals surface area contributed by atoms with E-state index in [1.54, 1.807) is 0 Å². The molecule has 0 spiro atoms. The molecule has 8 atom stereocenters. The van der Waals surface area contributed by atoms with Crippen molar-refractivity contribution in [1.82, 2.24) is 4.90 Å². The number of nitrogens with zero attached hydrogens (tertiary/aromatic N) is 1. The molecule has 5 fully saturated rings. The molecule has 158 valence electrons. The Morgan fingerprint density at radius 1 is 0.929 bits per heavy atom. The smallest absolute Gasteiger partial charge is 0.226 e. The van der Waals surface area contributed by atoms with Crippen molar-refractivity contribution in [3.05, 3.63) is 0 Å². The van der Waals surface area contributed by atoms with Crippen molar-refractivity contribution in [2.24, 2.45) is 46.8 Å². The van der Waals surface area contributed by atoms with Gasteiger partial charge in [-0.25, -0.2) is 0 Å². The van der Waals surface area contributed by atoms with E-state index in [0.717, 1.165) is 74.7 Å². The fraction of sp³-hybridized carbons (Fsp3) is 0.960. The lowest BCUT2D eigenvalue weighted by Crippen LogP contribution is -2.51.